The summed E-state index contributed by atoms with van der Waals surface area (Å²) >= 11 is 0. The predicted molar refractivity (Wildman–Crippen MR) is 84.7 cm³/mol. The van der Waals surface area contributed by atoms with Gasteiger partial charge in [0.25, 0.3) is 5.92 Å². The number of carbonyl (C=O) groups is 1. The van der Waals surface area contributed by atoms with Crippen molar-refractivity contribution in [3.8, 4) is 11.5 Å². The first-order chi connectivity index (χ1) is 11.4. The monoisotopic (exact) mass is 343 g/mol. The minimum absolute atomic E-state index is 0.173. The molecule has 2 rings (SSSR count). The van der Waals surface area contributed by atoms with Gasteiger partial charge in [0, 0.05) is 25.4 Å². The summed E-state index contributed by atoms with van der Waals surface area (Å²) in [4.78, 5) is 12.7. The molecule has 0 saturated carbocycles. The lowest BCUT2D eigenvalue weighted by Crippen LogP contribution is -2.30. The van der Waals surface area contributed by atoms with Gasteiger partial charge in [0.15, 0.2) is 11.5 Å². The van der Waals surface area contributed by atoms with Crippen LogP contribution < -0.4 is 9.47 Å². The lowest BCUT2D eigenvalue weighted by Gasteiger charge is -2.22. The molecule has 1 aliphatic heterocycles. The Labute approximate surface area is 140 Å². The zero-order valence-corrected chi connectivity index (χ0v) is 13.9. The molecule has 1 aromatic rings. The van der Waals surface area contributed by atoms with Crippen LogP contribution in [0.3, 0.4) is 0 Å². The van der Waals surface area contributed by atoms with E-state index in [2.05, 4.69) is 0 Å². The fourth-order valence-corrected chi connectivity index (χ4v) is 3.03. The number of hydrogen-bond donors (Lipinski definition) is 1. The number of aliphatic carboxylic acids is 1. The molecule has 0 radical (unpaired) electrons. The number of likely N-dealkylation sites (tertiary alicyclic amines) is 1. The van der Waals surface area contributed by atoms with E-state index in [4.69, 9.17) is 14.6 Å². The van der Waals surface area contributed by atoms with Gasteiger partial charge in [0.2, 0.25) is 0 Å². The summed E-state index contributed by atoms with van der Waals surface area (Å²) in [5, 5.41) is 8.83. The van der Waals surface area contributed by atoms with Crippen molar-refractivity contribution in [3.05, 3.63) is 23.8 Å². The fraction of sp³-hybridized carbons (Fsp3) is 0.588. The minimum atomic E-state index is -2.94. The topological polar surface area (TPSA) is 59.0 Å². The molecule has 1 fully saturated rings. The van der Waals surface area contributed by atoms with Crippen LogP contribution in [-0.2, 0) is 11.3 Å². The maximum Gasteiger partial charge on any atom is 0.303 e. The van der Waals surface area contributed by atoms with Crippen molar-refractivity contribution < 1.29 is 28.2 Å². The summed E-state index contributed by atoms with van der Waals surface area (Å²) in [6, 6.07) is 5.49. The molecule has 0 spiro atoms. The second kappa shape index (κ2) is 7.79. The van der Waals surface area contributed by atoms with Crippen LogP contribution in [-0.4, -0.2) is 49.2 Å². The van der Waals surface area contributed by atoms with E-state index >= 15 is 0 Å². The van der Waals surface area contributed by atoms with Gasteiger partial charge in [-0.1, -0.05) is 6.07 Å². The first kappa shape index (κ1) is 18.4. The molecular weight excluding hydrogens is 320 g/mol. The Bertz CT molecular complexity index is 580. The lowest BCUT2D eigenvalue weighted by molar-refractivity contribution is -0.143. The van der Waals surface area contributed by atoms with Crippen LogP contribution >= 0.6 is 0 Å². The Balaban J connectivity index is 2.05. The van der Waals surface area contributed by atoms with Gasteiger partial charge in [-0.2, -0.15) is 0 Å². The third-order valence-electron chi connectivity index (χ3n) is 4.43. The van der Waals surface area contributed by atoms with Gasteiger partial charge in [-0.25, -0.2) is 8.78 Å². The summed E-state index contributed by atoms with van der Waals surface area (Å²) in [6.45, 7) is 1.19. The molecule has 1 heterocycles. The highest BCUT2D eigenvalue weighted by Crippen LogP contribution is 2.36. The number of ether oxygens (including phenoxy) is 2. The summed E-state index contributed by atoms with van der Waals surface area (Å²) in [6.07, 6.45) is -0.637. The maximum absolute atomic E-state index is 14.1. The number of alkyl halides is 2. The van der Waals surface area contributed by atoms with E-state index in [9.17, 15) is 13.6 Å². The molecule has 1 atom stereocenters. The van der Waals surface area contributed by atoms with Gasteiger partial charge in [-0.3, -0.25) is 9.69 Å². The molecule has 1 aromatic carbocycles. The summed E-state index contributed by atoms with van der Waals surface area (Å²) in [5.41, 5.74) is 0.938. The van der Waals surface area contributed by atoms with Crippen LogP contribution in [0.15, 0.2) is 18.2 Å². The van der Waals surface area contributed by atoms with Crippen molar-refractivity contribution in [1.29, 1.82) is 0 Å². The Morgan fingerprint density at radius 3 is 2.62 bits per heavy atom. The van der Waals surface area contributed by atoms with Crippen LogP contribution in [0.5, 0.6) is 11.5 Å². The van der Waals surface area contributed by atoms with Crippen LogP contribution in [0.4, 0.5) is 8.78 Å². The number of hydrogen-bond acceptors (Lipinski definition) is 4. The van der Waals surface area contributed by atoms with E-state index in [1.807, 2.05) is 17.0 Å². The SMILES string of the molecule is COc1ccc(CN2CCC(CC(=O)O)C(F)(F)CC2)cc1OC. The average Bonchev–Trinajstić information content (AvgIpc) is 2.67. The van der Waals surface area contributed by atoms with Crippen molar-refractivity contribution in [2.75, 3.05) is 27.3 Å². The summed E-state index contributed by atoms with van der Waals surface area (Å²) < 4.78 is 38.6. The van der Waals surface area contributed by atoms with E-state index in [1.165, 1.54) is 0 Å². The third kappa shape index (κ3) is 4.56. The summed E-state index contributed by atoms with van der Waals surface area (Å²) in [5.74, 6) is -4.01. The van der Waals surface area contributed by atoms with Crippen molar-refractivity contribution in [3.63, 3.8) is 0 Å². The number of methoxy groups -OCH3 is 2. The molecule has 134 valence electrons. The number of nitrogens with zero attached hydrogens (tertiary/aromatic N) is 1. The van der Waals surface area contributed by atoms with Crippen molar-refractivity contribution >= 4 is 5.97 Å². The zero-order chi connectivity index (χ0) is 17.7. The first-order valence-corrected chi connectivity index (χ1v) is 7.88. The van der Waals surface area contributed by atoms with Crippen molar-refractivity contribution in [2.24, 2.45) is 5.92 Å². The molecule has 1 N–H and O–H groups in total. The van der Waals surface area contributed by atoms with Gasteiger partial charge in [-0.05, 0) is 30.7 Å². The number of carboxylic acid groups (broad SMARTS) is 1. The Kier molecular flexibility index (Phi) is 5.99. The molecule has 24 heavy (non-hydrogen) atoms. The molecule has 7 heteroatoms. The Morgan fingerprint density at radius 2 is 2.00 bits per heavy atom. The molecule has 1 saturated heterocycles. The van der Waals surface area contributed by atoms with Gasteiger partial charge in [0.05, 0.1) is 20.6 Å². The van der Waals surface area contributed by atoms with Crippen molar-refractivity contribution in [2.45, 2.75) is 31.7 Å². The molecule has 1 aliphatic rings. The van der Waals surface area contributed by atoms with E-state index in [-0.39, 0.29) is 19.4 Å². The number of halogens is 2. The van der Waals surface area contributed by atoms with Gasteiger partial charge in [0.1, 0.15) is 0 Å². The maximum atomic E-state index is 14.1. The first-order valence-electron chi connectivity index (χ1n) is 7.88. The number of rotatable bonds is 6. The van der Waals surface area contributed by atoms with E-state index in [0.29, 0.717) is 24.6 Å². The van der Waals surface area contributed by atoms with Gasteiger partial charge < -0.3 is 14.6 Å². The highest BCUT2D eigenvalue weighted by molar-refractivity contribution is 5.67. The van der Waals surface area contributed by atoms with E-state index in [0.717, 1.165) is 5.56 Å². The second-order valence-electron chi connectivity index (χ2n) is 6.06. The van der Waals surface area contributed by atoms with Crippen molar-refractivity contribution in [1.82, 2.24) is 4.90 Å². The number of carboxylic acids is 1. The molecule has 5 nitrogen and oxygen atoms in total. The minimum Gasteiger partial charge on any atom is -0.493 e. The molecular formula is C17H23F2NO4. The fourth-order valence-electron chi connectivity index (χ4n) is 3.03. The second-order valence-corrected chi connectivity index (χ2v) is 6.06. The zero-order valence-electron chi connectivity index (χ0n) is 13.9. The highest BCUT2D eigenvalue weighted by atomic mass is 19.3. The highest BCUT2D eigenvalue weighted by Gasteiger charge is 2.42. The Hall–Kier alpha value is -1.89. The van der Waals surface area contributed by atoms with Crippen LogP contribution in [0, 0.1) is 5.92 Å². The molecule has 0 amide bonds. The number of benzene rings is 1. The standard InChI is InChI=1S/C17H23F2NO4/c1-23-14-4-3-12(9-15(14)24-2)11-20-7-5-13(10-16(21)22)17(18,19)6-8-20/h3-4,9,13H,5-8,10-11H2,1-2H3,(H,21,22). The van der Waals surface area contributed by atoms with Gasteiger partial charge in [-0.15, -0.1) is 0 Å². The molecule has 1 unspecified atom stereocenters. The van der Waals surface area contributed by atoms with E-state index < -0.39 is 24.2 Å². The predicted octanol–water partition coefficient (Wildman–Crippen LogP) is 3.03. The smallest absolute Gasteiger partial charge is 0.303 e. The normalized spacial score (nSPS) is 21.1. The largest absolute Gasteiger partial charge is 0.493 e. The van der Waals surface area contributed by atoms with Gasteiger partial charge >= 0.3 is 5.97 Å². The molecule has 0 aromatic heterocycles. The van der Waals surface area contributed by atoms with Crippen LogP contribution in [0.25, 0.3) is 0 Å². The lowest BCUT2D eigenvalue weighted by atomic mass is 9.93. The summed E-state index contributed by atoms with van der Waals surface area (Å²) in [7, 11) is 3.10. The molecule has 0 bridgehead atoms. The van der Waals surface area contributed by atoms with Crippen LogP contribution in [0.1, 0.15) is 24.8 Å². The van der Waals surface area contributed by atoms with E-state index in [1.54, 1.807) is 20.3 Å². The quantitative estimate of drug-likeness (QED) is 0.860. The average molecular weight is 343 g/mol. The Morgan fingerprint density at radius 1 is 1.29 bits per heavy atom. The third-order valence-corrected chi connectivity index (χ3v) is 4.43. The van der Waals surface area contributed by atoms with Crippen LogP contribution in [0.2, 0.25) is 0 Å². The molecule has 0 aliphatic carbocycles.